The number of hydrogen-bond acceptors (Lipinski definition) is 2. The molecule has 0 radical (unpaired) electrons. The summed E-state index contributed by atoms with van der Waals surface area (Å²) < 4.78 is 1.60. The lowest BCUT2D eigenvalue weighted by molar-refractivity contribution is -0.605. The maximum atomic E-state index is 12.0. The van der Waals surface area contributed by atoms with Gasteiger partial charge in [-0.1, -0.05) is 34.1 Å². The lowest BCUT2D eigenvalue weighted by atomic mass is 10.1. The average molecular weight is 321 g/mol. The Morgan fingerprint density at radius 2 is 1.89 bits per heavy atom. The first-order chi connectivity index (χ1) is 9.08. The Kier molecular flexibility index (Phi) is 4.16. The highest BCUT2D eigenvalue weighted by atomic mass is 79.9. The number of hydrogen-bond donors (Lipinski definition) is 1. The Bertz CT molecular complexity index is 584. The second-order valence-corrected chi connectivity index (χ2v) is 5.02. The van der Waals surface area contributed by atoms with Crippen molar-refractivity contribution in [1.82, 2.24) is 5.32 Å². The molecule has 1 atom stereocenters. The molecule has 0 saturated heterocycles. The van der Waals surface area contributed by atoms with Crippen LogP contribution in [-0.2, 0) is 0 Å². The third-order valence-electron chi connectivity index (χ3n) is 2.78. The van der Waals surface area contributed by atoms with Gasteiger partial charge in [-0.15, -0.1) is 0 Å². The van der Waals surface area contributed by atoms with Crippen LogP contribution in [0, 0.1) is 5.21 Å². The van der Waals surface area contributed by atoms with E-state index in [1.807, 2.05) is 31.2 Å². The highest BCUT2D eigenvalue weighted by molar-refractivity contribution is 9.10. The third-order valence-corrected chi connectivity index (χ3v) is 3.51. The quantitative estimate of drug-likeness (QED) is 0.698. The van der Waals surface area contributed by atoms with Crippen LogP contribution >= 0.6 is 15.9 Å². The number of benzene rings is 1. The van der Waals surface area contributed by atoms with Crippen molar-refractivity contribution in [3.63, 3.8) is 0 Å². The standard InChI is InChI=1S/C14H13BrN2O2/c1-10(12-4-2-3-5-13(12)15)16-14(18)11-6-8-17(19)9-7-11/h2-10H,1H3,(H,16,18). The molecule has 1 aromatic heterocycles. The normalized spacial score (nSPS) is 11.9. The second kappa shape index (κ2) is 5.84. The largest absolute Gasteiger partial charge is 0.619 e. The number of rotatable bonds is 3. The molecule has 0 saturated carbocycles. The molecule has 2 aromatic rings. The number of carbonyl (C=O) groups is 1. The molecule has 1 unspecified atom stereocenters. The summed E-state index contributed by atoms with van der Waals surface area (Å²) in [5.74, 6) is -0.205. The van der Waals surface area contributed by atoms with Gasteiger partial charge in [-0.3, -0.25) is 4.79 Å². The van der Waals surface area contributed by atoms with E-state index in [0.29, 0.717) is 10.3 Å². The molecule has 0 bridgehead atoms. The van der Waals surface area contributed by atoms with Crippen LogP contribution in [0.5, 0.6) is 0 Å². The van der Waals surface area contributed by atoms with Crippen LogP contribution in [0.2, 0.25) is 0 Å². The molecule has 5 heteroatoms. The fourth-order valence-corrected chi connectivity index (χ4v) is 2.38. The van der Waals surface area contributed by atoms with Crippen molar-refractivity contribution in [2.45, 2.75) is 13.0 Å². The summed E-state index contributed by atoms with van der Waals surface area (Å²) in [5.41, 5.74) is 1.47. The smallest absolute Gasteiger partial charge is 0.252 e. The SMILES string of the molecule is CC(NC(=O)c1cc[n+]([O-])cc1)c1ccccc1Br. The van der Waals surface area contributed by atoms with Crippen LogP contribution in [-0.4, -0.2) is 5.91 Å². The van der Waals surface area contributed by atoms with Gasteiger partial charge in [0.2, 0.25) is 0 Å². The van der Waals surface area contributed by atoms with Crippen LogP contribution in [0.15, 0.2) is 53.3 Å². The summed E-state index contributed by atoms with van der Waals surface area (Å²) in [5, 5.41) is 13.8. The van der Waals surface area contributed by atoms with Gasteiger partial charge in [0, 0.05) is 16.6 Å². The number of nitrogens with one attached hydrogen (secondary N) is 1. The number of amides is 1. The van der Waals surface area contributed by atoms with Crippen molar-refractivity contribution >= 4 is 21.8 Å². The fourth-order valence-electron chi connectivity index (χ4n) is 1.75. The van der Waals surface area contributed by atoms with E-state index in [9.17, 15) is 10.0 Å². The van der Waals surface area contributed by atoms with Crippen molar-refractivity contribution in [2.24, 2.45) is 0 Å². The van der Waals surface area contributed by atoms with E-state index in [4.69, 9.17) is 0 Å². The molecular weight excluding hydrogens is 308 g/mol. The Morgan fingerprint density at radius 3 is 2.53 bits per heavy atom. The summed E-state index contributed by atoms with van der Waals surface area (Å²) in [6.07, 6.45) is 2.61. The van der Waals surface area contributed by atoms with E-state index in [1.54, 1.807) is 0 Å². The van der Waals surface area contributed by atoms with Gasteiger partial charge in [0.25, 0.3) is 5.91 Å². The Morgan fingerprint density at radius 1 is 1.26 bits per heavy atom. The fraction of sp³-hybridized carbons (Fsp3) is 0.143. The van der Waals surface area contributed by atoms with Gasteiger partial charge in [-0.25, -0.2) is 0 Å². The molecule has 1 heterocycles. The Labute approximate surface area is 119 Å². The van der Waals surface area contributed by atoms with Crippen LogP contribution in [0.25, 0.3) is 0 Å². The van der Waals surface area contributed by atoms with E-state index < -0.39 is 0 Å². The average Bonchev–Trinajstić information content (AvgIpc) is 2.39. The van der Waals surface area contributed by atoms with E-state index in [-0.39, 0.29) is 11.9 Å². The number of halogens is 1. The molecule has 1 N–H and O–H groups in total. The monoisotopic (exact) mass is 320 g/mol. The van der Waals surface area contributed by atoms with Gasteiger partial charge in [0.15, 0.2) is 12.4 Å². The number of aromatic nitrogens is 1. The Balaban J connectivity index is 2.11. The molecule has 19 heavy (non-hydrogen) atoms. The molecular formula is C14H13BrN2O2. The van der Waals surface area contributed by atoms with Crippen molar-refractivity contribution in [2.75, 3.05) is 0 Å². The molecule has 0 aliphatic rings. The molecule has 4 nitrogen and oxygen atoms in total. The predicted octanol–water partition coefficient (Wildman–Crippen LogP) is 2.57. The third kappa shape index (κ3) is 3.32. The molecule has 1 amide bonds. The lowest BCUT2D eigenvalue weighted by Gasteiger charge is -2.15. The van der Waals surface area contributed by atoms with Gasteiger partial charge in [0.05, 0.1) is 11.6 Å². The molecule has 98 valence electrons. The van der Waals surface area contributed by atoms with Crippen LogP contribution in [0.1, 0.15) is 28.9 Å². The predicted molar refractivity (Wildman–Crippen MR) is 75.4 cm³/mol. The summed E-state index contributed by atoms with van der Waals surface area (Å²) in [7, 11) is 0. The minimum atomic E-state index is -0.205. The van der Waals surface area contributed by atoms with Crippen molar-refractivity contribution in [3.8, 4) is 0 Å². The molecule has 2 rings (SSSR count). The first-order valence-electron chi connectivity index (χ1n) is 5.82. The molecule has 0 aliphatic heterocycles. The van der Waals surface area contributed by atoms with Gasteiger partial charge in [0.1, 0.15) is 0 Å². The van der Waals surface area contributed by atoms with Crippen LogP contribution < -0.4 is 10.0 Å². The van der Waals surface area contributed by atoms with Gasteiger partial charge in [-0.05, 0) is 18.6 Å². The highest BCUT2D eigenvalue weighted by Gasteiger charge is 2.13. The van der Waals surface area contributed by atoms with Crippen molar-refractivity contribution in [1.29, 1.82) is 0 Å². The first kappa shape index (κ1) is 13.5. The minimum Gasteiger partial charge on any atom is -0.619 e. The minimum absolute atomic E-state index is 0.123. The number of nitrogens with zero attached hydrogens (tertiary/aromatic N) is 1. The van der Waals surface area contributed by atoms with Crippen molar-refractivity contribution in [3.05, 3.63) is 69.6 Å². The number of pyridine rings is 1. The summed E-state index contributed by atoms with van der Waals surface area (Å²) in [4.78, 5) is 12.0. The molecule has 1 aromatic carbocycles. The number of carbonyl (C=O) groups excluding carboxylic acids is 1. The van der Waals surface area contributed by atoms with Crippen LogP contribution in [0.3, 0.4) is 0 Å². The first-order valence-corrected chi connectivity index (χ1v) is 6.61. The highest BCUT2D eigenvalue weighted by Crippen LogP contribution is 2.22. The topological polar surface area (TPSA) is 56.0 Å². The van der Waals surface area contributed by atoms with E-state index in [1.165, 1.54) is 24.5 Å². The lowest BCUT2D eigenvalue weighted by Crippen LogP contribution is -2.29. The molecule has 0 spiro atoms. The summed E-state index contributed by atoms with van der Waals surface area (Å²) in [6, 6.07) is 10.6. The Hall–Kier alpha value is -1.88. The zero-order valence-corrected chi connectivity index (χ0v) is 11.9. The summed E-state index contributed by atoms with van der Waals surface area (Å²) in [6.45, 7) is 1.91. The maximum Gasteiger partial charge on any atom is 0.252 e. The van der Waals surface area contributed by atoms with E-state index >= 15 is 0 Å². The summed E-state index contributed by atoms with van der Waals surface area (Å²) >= 11 is 3.46. The van der Waals surface area contributed by atoms with E-state index in [2.05, 4.69) is 21.2 Å². The molecule has 0 fully saturated rings. The van der Waals surface area contributed by atoms with Gasteiger partial charge >= 0.3 is 0 Å². The van der Waals surface area contributed by atoms with Gasteiger partial charge in [-0.2, -0.15) is 4.73 Å². The van der Waals surface area contributed by atoms with Gasteiger partial charge < -0.3 is 10.5 Å². The zero-order valence-electron chi connectivity index (χ0n) is 10.3. The maximum absolute atomic E-state index is 12.0. The van der Waals surface area contributed by atoms with Crippen LogP contribution in [0.4, 0.5) is 0 Å². The zero-order chi connectivity index (χ0) is 13.8. The van der Waals surface area contributed by atoms with E-state index in [0.717, 1.165) is 10.0 Å². The molecule has 0 aliphatic carbocycles. The van der Waals surface area contributed by atoms with Crippen molar-refractivity contribution < 1.29 is 9.52 Å². The second-order valence-electron chi connectivity index (χ2n) is 4.16.